The molecule has 0 spiro atoms. The van der Waals surface area contributed by atoms with Crippen LogP contribution in [0.1, 0.15) is 12.0 Å². The van der Waals surface area contributed by atoms with E-state index in [4.69, 9.17) is 20.3 Å². The van der Waals surface area contributed by atoms with E-state index < -0.39 is 5.97 Å². The summed E-state index contributed by atoms with van der Waals surface area (Å²) < 4.78 is 11.2. The lowest BCUT2D eigenvalue weighted by molar-refractivity contribution is -0.136. The number of nitrogens with two attached hydrogens (primary N) is 1. The van der Waals surface area contributed by atoms with Crippen LogP contribution in [-0.2, 0) is 11.2 Å². The van der Waals surface area contributed by atoms with Crippen molar-refractivity contribution in [1.82, 2.24) is 0 Å². The van der Waals surface area contributed by atoms with E-state index in [-0.39, 0.29) is 6.42 Å². The summed E-state index contributed by atoms with van der Waals surface area (Å²) in [6, 6.07) is 14.3. The van der Waals surface area contributed by atoms with E-state index in [9.17, 15) is 4.79 Å². The summed E-state index contributed by atoms with van der Waals surface area (Å²) in [6.07, 6.45) is 0.829. The Morgan fingerprint density at radius 1 is 0.955 bits per heavy atom. The third-order valence-corrected chi connectivity index (χ3v) is 2.96. The normalized spacial score (nSPS) is 10.2. The summed E-state index contributed by atoms with van der Waals surface area (Å²) in [5.74, 6) is 1.28. The van der Waals surface area contributed by atoms with Gasteiger partial charge < -0.3 is 20.3 Å². The molecule has 0 aliphatic rings. The Bertz CT molecular complexity index is 593. The molecule has 0 fully saturated rings. The Morgan fingerprint density at radius 2 is 1.50 bits per heavy atom. The van der Waals surface area contributed by atoms with Crippen LogP contribution >= 0.6 is 0 Å². The molecule has 0 radical (unpaired) electrons. The molecule has 116 valence electrons. The molecule has 0 amide bonds. The molecule has 0 bridgehead atoms. The highest BCUT2D eigenvalue weighted by Crippen LogP contribution is 2.24. The van der Waals surface area contributed by atoms with Gasteiger partial charge in [-0.05, 0) is 54.9 Å². The van der Waals surface area contributed by atoms with Crippen LogP contribution in [0.5, 0.6) is 17.2 Å². The fourth-order valence-electron chi connectivity index (χ4n) is 1.86. The smallest absolute Gasteiger partial charge is 0.307 e. The van der Waals surface area contributed by atoms with E-state index >= 15 is 0 Å². The number of rotatable bonds is 8. The average Bonchev–Trinajstić information content (AvgIpc) is 2.51. The predicted molar refractivity (Wildman–Crippen MR) is 83.5 cm³/mol. The Labute approximate surface area is 129 Å². The zero-order valence-electron chi connectivity index (χ0n) is 12.2. The lowest BCUT2D eigenvalue weighted by Gasteiger charge is -2.08. The first-order valence-electron chi connectivity index (χ1n) is 7.09. The van der Waals surface area contributed by atoms with Crippen molar-refractivity contribution in [1.29, 1.82) is 0 Å². The number of hydrogen-bond acceptors (Lipinski definition) is 4. The maximum absolute atomic E-state index is 10.6. The van der Waals surface area contributed by atoms with Crippen molar-refractivity contribution >= 4 is 5.97 Å². The van der Waals surface area contributed by atoms with Crippen molar-refractivity contribution in [2.75, 3.05) is 13.2 Å². The Balaban J connectivity index is 1.91. The minimum atomic E-state index is -0.848. The molecule has 0 saturated heterocycles. The first-order chi connectivity index (χ1) is 10.7. The van der Waals surface area contributed by atoms with Crippen LogP contribution in [0.2, 0.25) is 0 Å². The quantitative estimate of drug-likeness (QED) is 0.733. The molecular weight excluding hydrogens is 282 g/mol. The van der Waals surface area contributed by atoms with Gasteiger partial charge in [-0.15, -0.1) is 0 Å². The highest BCUT2D eigenvalue weighted by atomic mass is 16.5. The van der Waals surface area contributed by atoms with Crippen molar-refractivity contribution < 1.29 is 19.4 Å². The molecule has 0 unspecified atom stereocenters. The number of carboxylic acid groups (broad SMARTS) is 1. The maximum atomic E-state index is 10.6. The fraction of sp³-hybridized carbons (Fsp3) is 0.235. The standard InChI is InChI=1S/C17H19NO4/c18-10-1-11-21-14-6-8-16(9-7-14)22-15-4-2-13(3-5-15)12-17(19)20/h2-9H,1,10-12,18H2,(H,19,20). The van der Waals surface area contributed by atoms with Crippen LogP contribution in [0.25, 0.3) is 0 Å². The molecule has 0 aromatic heterocycles. The van der Waals surface area contributed by atoms with Gasteiger partial charge in [0.2, 0.25) is 0 Å². The van der Waals surface area contributed by atoms with Crippen molar-refractivity contribution in [3.63, 3.8) is 0 Å². The summed E-state index contributed by atoms with van der Waals surface area (Å²) in [5.41, 5.74) is 6.15. The van der Waals surface area contributed by atoms with Crippen molar-refractivity contribution in [2.24, 2.45) is 5.73 Å². The number of aliphatic carboxylic acids is 1. The number of carbonyl (C=O) groups is 1. The second-order valence-electron chi connectivity index (χ2n) is 4.78. The molecule has 0 atom stereocenters. The van der Waals surface area contributed by atoms with E-state index in [1.54, 1.807) is 24.3 Å². The largest absolute Gasteiger partial charge is 0.494 e. The lowest BCUT2D eigenvalue weighted by atomic mass is 10.1. The van der Waals surface area contributed by atoms with E-state index in [1.807, 2.05) is 24.3 Å². The first kappa shape index (κ1) is 15.9. The van der Waals surface area contributed by atoms with Crippen molar-refractivity contribution in [2.45, 2.75) is 12.8 Å². The van der Waals surface area contributed by atoms with Gasteiger partial charge in [-0.1, -0.05) is 12.1 Å². The molecule has 5 heteroatoms. The van der Waals surface area contributed by atoms with E-state index in [2.05, 4.69) is 0 Å². The monoisotopic (exact) mass is 301 g/mol. The fourth-order valence-corrected chi connectivity index (χ4v) is 1.86. The molecule has 22 heavy (non-hydrogen) atoms. The Morgan fingerprint density at radius 3 is 2.05 bits per heavy atom. The van der Waals surface area contributed by atoms with Crippen LogP contribution in [0.3, 0.4) is 0 Å². The van der Waals surface area contributed by atoms with E-state index in [0.717, 1.165) is 17.7 Å². The second kappa shape index (κ2) is 8.05. The van der Waals surface area contributed by atoms with Gasteiger partial charge in [0.15, 0.2) is 0 Å². The van der Waals surface area contributed by atoms with Crippen LogP contribution in [-0.4, -0.2) is 24.2 Å². The molecule has 5 nitrogen and oxygen atoms in total. The van der Waals surface area contributed by atoms with Gasteiger partial charge in [0.25, 0.3) is 0 Å². The Hall–Kier alpha value is -2.53. The molecule has 2 rings (SSSR count). The molecular formula is C17H19NO4. The average molecular weight is 301 g/mol. The van der Waals surface area contributed by atoms with Gasteiger partial charge in [0.05, 0.1) is 13.0 Å². The molecule has 0 aliphatic carbocycles. The summed E-state index contributed by atoms with van der Waals surface area (Å²) in [5, 5.41) is 8.72. The SMILES string of the molecule is NCCCOc1ccc(Oc2ccc(CC(=O)O)cc2)cc1. The van der Waals surface area contributed by atoms with Gasteiger partial charge in [0.1, 0.15) is 17.2 Å². The van der Waals surface area contributed by atoms with Crippen LogP contribution in [0.4, 0.5) is 0 Å². The Kier molecular flexibility index (Phi) is 5.80. The number of hydrogen-bond donors (Lipinski definition) is 2. The predicted octanol–water partition coefficient (Wildman–Crippen LogP) is 2.83. The van der Waals surface area contributed by atoms with Crippen molar-refractivity contribution in [3.8, 4) is 17.2 Å². The highest BCUT2D eigenvalue weighted by molar-refractivity contribution is 5.70. The maximum Gasteiger partial charge on any atom is 0.307 e. The topological polar surface area (TPSA) is 81.8 Å². The van der Waals surface area contributed by atoms with E-state index in [1.165, 1.54) is 0 Å². The highest BCUT2D eigenvalue weighted by Gasteiger charge is 2.02. The molecule has 2 aromatic rings. The van der Waals surface area contributed by atoms with Gasteiger partial charge in [-0.2, -0.15) is 0 Å². The lowest BCUT2D eigenvalue weighted by Crippen LogP contribution is -2.05. The molecule has 2 aromatic carbocycles. The van der Waals surface area contributed by atoms with Crippen LogP contribution in [0.15, 0.2) is 48.5 Å². The summed E-state index contributed by atoms with van der Waals surface area (Å²) >= 11 is 0. The van der Waals surface area contributed by atoms with E-state index in [0.29, 0.717) is 24.7 Å². The second-order valence-corrected chi connectivity index (χ2v) is 4.78. The zero-order valence-corrected chi connectivity index (χ0v) is 12.2. The van der Waals surface area contributed by atoms with Gasteiger partial charge in [0, 0.05) is 0 Å². The summed E-state index contributed by atoms with van der Waals surface area (Å²) in [6.45, 7) is 1.21. The first-order valence-corrected chi connectivity index (χ1v) is 7.09. The molecule has 0 aliphatic heterocycles. The zero-order chi connectivity index (χ0) is 15.8. The third kappa shape index (κ3) is 5.10. The molecule has 0 heterocycles. The van der Waals surface area contributed by atoms with Gasteiger partial charge in [-0.25, -0.2) is 0 Å². The number of benzene rings is 2. The summed E-state index contributed by atoms with van der Waals surface area (Å²) in [4.78, 5) is 10.6. The molecule has 3 N–H and O–H groups in total. The minimum absolute atomic E-state index is 0.00904. The van der Waals surface area contributed by atoms with Crippen LogP contribution < -0.4 is 15.2 Å². The number of carboxylic acids is 1. The number of ether oxygens (including phenoxy) is 2. The summed E-state index contributed by atoms with van der Waals surface area (Å²) in [7, 11) is 0. The minimum Gasteiger partial charge on any atom is -0.494 e. The van der Waals surface area contributed by atoms with Crippen molar-refractivity contribution in [3.05, 3.63) is 54.1 Å². The molecule has 0 saturated carbocycles. The van der Waals surface area contributed by atoms with Crippen LogP contribution in [0, 0.1) is 0 Å². The van der Waals surface area contributed by atoms with Gasteiger partial charge >= 0.3 is 5.97 Å². The van der Waals surface area contributed by atoms with Gasteiger partial charge in [-0.3, -0.25) is 4.79 Å². The third-order valence-electron chi connectivity index (χ3n) is 2.96.